The number of aliphatic carboxylic acids is 1. The first-order valence-electron chi connectivity index (χ1n) is 5.42. The molecule has 94 valence electrons. The third-order valence-electron chi connectivity index (χ3n) is 2.36. The Balaban J connectivity index is 2.95. The number of aromatic nitrogens is 1. The Kier molecular flexibility index (Phi) is 4.62. The van der Waals surface area contributed by atoms with Gasteiger partial charge in [0.05, 0.1) is 11.2 Å². The number of hydrogen-bond donors (Lipinski definition) is 1. The quantitative estimate of drug-likeness (QED) is 0.869. The maximum atomic E-state index is 12.2. The molecule has 0 saturated heterocycles. The Labute approximate surface area is 104 Å². The Bertz CT molecular complexity index is 415. The molecule has 0 bridgehead atoms. The van der Waals surface area contributed by atoms with Gasteiger partial charge in [-0.2, -0.15) is 0 Å². The van der Waals surface area contributed by atoms with E-state index >= 15 is 0 Å². The van der Waals surface area contributed by atoms with Gasteiger partial charge in [0.25, 0.3) is 5.91 Å². The molecule has 1 aromatic rings. The van der Waals surface area contributed by atoms with Crippen molar-refractivity contribution in [3.8, 4) is 0 Å². The van der Waals surface area contributed by atoms with Crippen LogP contribution in [0.1, 0.15) is 36.1 Å². The number of hydrogen-bond acceptors (Lipinski definition) is 4. The average Bonchev–Trinajstić information content (AvgIpc) is 2.72. The number of carboxylic acids is 1. The maximum Gasteiger partial charge on any atom is 0.323 e. The van der Waals surface area contributed by atoms with Gasteiger partial charge in [0.1, 0.15) is 11.4 Å². The minimum Gasteiger partial charge on any atom is -0.480 e. The lowest BCUT2D eigenvalue weighted by Crippen LogP contribution is -2.40. The van der Waals surface area contributed by atoms with E-state index in [0.717, 1.165) is 5.69 Å². The van der Waals surface area contributed by atoms with Crippen LogP contribution < -0.4 is 0 Å². The van der Waals surface area contributed by atoms with Gasteiger partial charge >= 0.3 is 5.97 Å². The maximum absolute atomic E-state index is 12.2. The summed E-state index contributed by atoms with van der Waals surface area (Å²) in [6.45, 7) is 5.24. The van der Waals surface area contributed by atoms with E-state index in [1.807, 2.05) is 6.92 Å². The average molecular weight is 256 g/mol. The van der Waals surface area contributed by atoms with Crippen molar-refractivity contribution >= 4 is 23.2 Å². The fourth-order valence-corrected chi connectivity index (χ4v) is 2.30. The van der Waals surface area contributed by atoms with Gasteiger partial charge in [-0.15, -0.1) is 11.3 Å². The normalized spacial score (nSPS) is 10.6. The zero-order valence-electron chi connectivity index (χ0n) is 10.1. The molecule has 1 heterocycles. The summed E-state index contributed by atoms with van der Waals surface area (Å²) in [5.74, 6) is -1.25. The first-order valence-corrected chi connectivity index (χ1v) is 6.30. The molecule has 0 spiro atoms. The fraction of sp³-hybridized carbons (Fsp3) is 0.545. The summed E-state index contributed by atoms with van der Waals surface area (Å²) in [5.41, 5.74) is 2.35. The van der Waals surface area contributed by atoms with Gasteiger partial charge in [-0.1, -0.05) is 6.92 Å². The SMILES string of the molecule is CCc1ncsc1C(=O)N(CC(=O)O)C(C)C. The molecule has 1 aromatic heterocycles. The fourth-order valence-electron chi connectivity index (χ4n) is 1.46. The number of carboxylic acid groups (broad SMARTS) is 1. The lowest BCUT2D eigenvalue weighted by atomic mass is 10.2. The molecular formula is C11H16N2O3S. The van der Waals surface area contributed by atoms with Crippen LogP contribution in [0.4, 0.5) is 0 Å². The molecule has 5 nitrogen and oxygen atoms in total. The van der Waals surface area contributed by atoms with E-state index in [4.69, 9.17) is 5.11 Å². The highest BCUT2D eigenvalue weighted by molar-refractivity contribution is 7.11. The van der Waals surface area contributed by atoms with Crippen molar-refractivity contribution < 1.29 is 14.7 Å². The molecule has 0 aromatic carbocycles. The van der Waals surface area contributed by atoms with Crippen LogP contribution in [-0.4, -0.2) is 39.5 Å². The Hall–Kier alpha value is -1.43. The number of nitrogens with zero attached hydrogens (tertiary/aromatic N) is 2. The summed E-state index contributed by atoms with van der Waals surface area (Å²) < 4.78 is 0. The highest BCUT2D eigenvalue weighted by Gasteiger charge is 2.24. The second kappa shape index (κ2) is 5.77. The van der Waals surface area contributed by atoms with Crippen molar-refractivity contribution in [3.05, 3.63) is 16.1 Å². The lowest BCUT2D eigenvalue weighted by molar-refractivity contribution is -0.138. The highest BCUT2D eigenvalue weighted by atomic mass is 32.1. The first-order chi connectivity index (χ1) is 7.97. The van der Waals surface area contributed by atoms with Crippen molar-refractivity contribution in [2.75, 3.05) is 6.54 Å². The molecule has 0 aliphatic carbocycles. The van der Waals surface area contributed by atoms with Gasteiger partial charge < -0.3 is 10.0 Å². The van der Waals surface area contributed by atoms with Crippen LogP contribution in [0, 0.1) is 0 Å². The smallest absolute Gasteiger partial charge is 0.323 e. The monoisotopic (exact) mass is 256 g/mol. The number of thiazole rings is 1. The number of carbonyl (C=O) groups is 2. The summed E-state index contributed by atoms with van der Waals surface area (Å²) in [5, 5.41) is 8.80. The zero-order chi connectivity index (χ0) is 13.0. The molecule has 0 atom stereocenters. The Morgan fingerprint density at radius 3 is 2.65 bits per heavy atom. The predicted molar refractivity (Wildman–Crippen MR) is 65.3 cm³/mol. The van der Waals surface area contributed by atoms with Gasteiger partial charge in [-0.3, -0.25) is 9.59 Å². The van der Waals surface area contributed by atoms with Crippen molar-refractivity contribution in [1.82, 2.24) is 9.88 Å². The van der Waals surface area contributed by atoms with E-state index in [1.54, 1.807) is 19.4 Å². The number of carbonyl (C=O) groups excluding carboxylic acids is 1. The van der Waals surface area contributed by atoms with E-state index in [-0.39, 0.29) is 18.5 Å². The van der Waals surface area contributed by atoms with Gasteiger partial charge in [0.15, 0.2) is 0 Å². The van der Waals surface area contributed by atoms with Crippen LogP contribution in [0.3, 0.4) is 0 Å². The van der Waals surface area contributed by atoms with Crippen LogP contribution in [0.2, 0.25) is 0 Å². The molecule has 1 amide bonds. The second-order valence-corrected chi connectivity index (χ2v) is 4.76. The van der Waals surface area contributed by atoms with Crippen LogP contribution in [-0.2, 0) is 11.2 Å². The number of amides is 1. The summed E-state index contributed by atoms with van der Waals surface area (Å²) >= 11 is 1.26. The summed E-state index contributed by atoms with van der Waals surface area (Å²) in [6.07, 6.45) is 0.670. The van der Waals surface area contributed by atoms with E-state index in [1.165, 1.54) is 16.2 Å². The third-order valence-corrected chi connectivity index (χ3v) is 3.22. The van der Waals surface area contributed by atoms with Gasteiger partial charge in [-0.25, -0.2) is 4.98 Å². The Morgan fingerprint density at radius 2 is 2.18 bits per heavy atom. The first kappa shape index (κ1) is 13.6. The number of rotatable bonds is 5. The topological polar surface area (TPSA) is 70.5 Å². The molecule has 0 aliphatic rings. The van der Waals surface area contributed by atoms with E-state index < -0.39 is 5.97 Å². The molecule has 17 heavy (non-hydrogen) atoms. The van der Waals surface area contributed by atoms with Crippen molar-refractivity contribution in [3.63, 3.8) is 0 Å². The van der Waals surface area contributed by atoms with Crippen LogP contribution in [0.25, 0.3) is 0 Å². The van der Waals surface area contributed by atoms with Crippen LogP contribution in [0.15, 0.2) is 5.51 Å². The standard InChI is InChI=1S/C11H16N2O3S/c1-4-8-10(17-6-12-8)11(16)13(7(2)3)5-9(14)15/h6-7H,4-5H2,1-3H3,(H,14,15). The summed E-state index contributed by atoms with van der Waals surface area (Å²) in [4.78, 5) is 28.9. The molecule has 1 N–H and O–H groups in total. The Morgan fingerprint density at radius 1 is 1.53 bits per heavy atom. The minimum atomic E-state index is -1.00. The second-order valence-electron chi connectivity index (χ2n) is 3.90. The summed E-state index contributed by atoms with van der Waals surface area (Å²) in [6, 6.07) is -0.148. The predicted octanol–water partition coefficient (Wildman–Crippen LogP) is 1.64. The molecular weight excluding hydrogens is 240 g/mol. The highest BCUT2D eigenvalue weighted by Crippen LogP contribution is 2.17. The van der Waals surface area contributed by atoms with Gasteiger partial charge in [-0.05, 0) is 20.3 Å². The lowest BCUT2D eigenvalue weighted by Gasteiger charge is -2.24. The summed E-state index contributed by atoms with van der Waals surface area (Å²) in [7, 11) is 0. The zero-order valence-corrected chi connectivity index (χ0v) is 11.0. The molecule has 1 rings (SSSR count). The molecule has 6 heteroatoms. The largest absolute Gasteiger partial charge is 0.480 e. The third kappa shape index (κ3) is 3.26. The molecule has 0 radical (unpaired) electrons. The number of aryl methyl sites for hydroxylation is 1. The van der Waals surface area contributed by atoms with E-state index in [0.29, 0.717) is 11.3 Å². The van der Waals surface area contributed by atoms with E-state index in [2.05, 4.69) is 4.98 Å². The molecule has 0 aliphatic heterocycles. The van der Waals surface area contributed by atoms with Crippen molar-refractivity contribution in [1.29, 1.82) is 0 Å². The van der Waals surface area contributed by atoms with Crippen LogP contribution >= 0.6 is 11.3 Å². The van der Waals surface area contributed by atoms with Crippen molar-refractivity contribution in [2.45, 2.75) is 33.2 Å². The van der Waals surface area contributed by atoms with E-state index in [9.17, 15) is 9.59 Å². The minimum absolute atomic E-state index is 0.148. The molecule has 0 saturated carbocycles. The molecule has 0 unspecified atom stereocenters. The van der Waals surface area contributed by atoms with Gasteiger partial charge in [0.2, 0.25) is 0 Å². The van der Waals surface area contributed by atoms with Gasteiger partial charge in [0, 0.05) is 6.04 Å². The molecule has 0 fully saturated rings. The van der Waals surface area contributed by atoms with Crippen LogP contribution in [0.5, 0.6) is 0 Å². The van der Waals surface area contributed by atoms with Crippen molar-refractivity contribution in [2.24, 2.45) is 0 Å².